The van der Waals surface area contributed by atoms with E-state index in [1.807, 2.05) is 44.2 Å². The van der Waals surface area contributed by atoms with E-state index in [1.165, 1.54) is 24.1 Å². The van der Waals surface area contributed by atoms with Gasteiger partial charge in [0.25, 0.3) is 10.0 Å². The smallest absolute Gasteiger partial charge is 0.264 e. The molecule has 0 aliphatic rings. The maximum atomic E-state index is 14.3. The molecule has 2 amide bonds. The van der Waals surface area contributed by atoms with E-state index in [9.17, 15) is 18.0 Å². The number of anilines is 1. The molecule has 0 fully saturated rings. The van der Waals surface area contributed by atoms with Crippen LogP contribution in [0.1, 0.15) is 23.6 Å². The molecular weight excluding hydrogens is 598 g/mol. The molecule has 0 saturated carbocycles. The zero-order valence-electron chi connectivity index (χ0n) is 24.9. The minimum absolute atomic E-state index is 0.00529. The lowest BCUT2D eigenvalue weighted by Crippen LogP contribution is -2.53. The van der Waals surface area contributed by atoms with Gasteiger partial charge in [-0.15, -0.1) is 0 Å². The largest absolute Gasteiger partial charge is 0.494 e. The second kappa shape index (κ2) is 14.9. The second-order valence-electron chi connectivity index (χ2n) is 10.2. The minimum atomic E-state index is -4.20. The third kappa shape index (κ3) is 8.18. The van der Waals surface area contributed by atoms with E-state index in [4.69, 9.17) is 16.3 Å². The number of carbonyl (C=O) groups is 2. The van der Waals surface area contributed by atoms with Crippen LogP contribution < -0.4 is 14.4 Å². The summed E-state index contributed by atoms with van der Waals surface area (Å²) in [6.45, 7) is 3.70. The number of carbonyl (C=O) groups excluding carboxylic acids is 2. The molecule has 0 bridgehead atoms. The molecule has 0 aromatic heterocycles. The molecule has 1 N–H and O–H groups in total. The monoisotopic (exact) mass is 633 g/mol. The first-order valence-electron chi connectivity index (χ1n) is 14.2. The molecule has 4 rings (SSSR count). The highest BCUT2D eigenvalue weighted by atomic mass is 35.5. The van der Waals surface area contributed by atoms with Gasteiger partial charge in [0.1, 0.15) is 18.3 Å². The highest BCUT2D eigenvalue weighted by Crippen LogP contribution is 2.27. The Hall–Kier alpha value is -4.34. The predicted octanol–water partition coefficient (Wildman–Crippen LogP) is 5.63. The number of aryl methyl sites for hydroxylation is 1. The quantitative estimate of drug-likeness (QED) is 0.206. The molecule has 0 spiro atoms. The van der Waals surface area contributed by atoms with Crippen LogP contribution in [0.3, 0.4) is 0 Å². The van der Waals surface area contributed by atoms with Gasteiger partial charge in [0.15, 0.2) is 0 Å². The van der Waals surface area contributed by atoms with E-state index >= 15 is 0 Å². The van der Waals surface area contributed by atoms with Crippen molar-refractivity contribution in [3.8, 4) is 5.75 Å². The normalized spacial score (nSPS) is 11.8. The highest BCUT2D eigenvalue weighted by Gasteiger charge is 2.34. The number of benzene rings is 4. The van der Waals surface area contributed by atoms with Crippen molar-refractivity contribution in [2.45, 2.75) is 37.8 Å². The number of sulfonamides is 1. The number of halogens is 1. The Morgan fingerprint density at radius 2 is 1.50 bits per heavy atom. The fraction of sp³-hybridized carbons (Fsp3) is 0.235. The molecule has 1 unspecified atom stereocenters. The fourth-order valence-electron chi connectivity index (χ4n) is 4.75. The topological polar surface area (TPSA) is 96.0 Å². The second-order valence-corrected chi connectivity index (χ2v) is 12.5. The molecule has 4 aromatic carbocycles. The molecule has 0 saturated heterocycles. The first-order chi connectivity index (χ1) is 21.1. The Labute approximate surface area is 264 Å². The summed E-state index contributed by atoms with van der Waals surface area (Å²) in [6, 6.07) is 28.4. The van der Waals surface area contributed by atoms with Crippen LogP contribution in [0.15, 0.2) is 108 Å². The maximum absolute atomic E-state index is 14.3. The number of amides is 2. The summed E-state index contributed by atoms with van der Waals surface area (Å²) >= 11 is 6.11. The van der Waals surface area contributed by atoms with E-state index in [0.29, 0.717) is 23.1 Å². The molecule has 0 aliphatic carbocycles. The van der Waals surface area contributed by atoms with Crippen molar-refractivity contribution in [1.29, 1.82) is 0 Å². The molecule has 44 heavy (non-hydrogen) atoms. The molecule has 4 aromatic rings. The Kier molecular flexibility index (Phi) is 11.0. The number of nitrogens with one attached hydrogen (secondary N) is 1. The molecule has 0 aliphatic heterocycles. The van der Waals surface area contributed by atoms with Crippen LogP contribution in [0.4, 0.5) is 5.69 Å². The Balaban J connectivity index is 1.76. The van der Waals surface area contributed by atoms with Gasteiger partial charge in [-0.05, 0) is 73.5 Å². The summed E-state index contributed by atoms with van der Waals surface area (Å²) < 4.78 is 34.8. The zero-order valence-corrected chi connectivity index (χ0v) is 26.5. The number of likely N-dealkylation sites (N-methyl/N-ethyl adjacent to an activating group) is 1. The Morgan fingerprint density at radius 3 is 2.09 bits per heavy atom. The molecule has 0 heterocycles. The van der Waals surface area contributed by atoms with Gasteiger partial charge in [-0.3, -0.25) is 13.9 Å². The lowest BCUT2D eigenvalue weighted by atomic mass is 10.0. The van der Waals surface area contributed by atoms with Gasteiger partial charge >= 0.3 is 0 Å². The standard InChI is InChI=1S/C34H36ClN3O5S/c1-4-43-30-18-20-31(21-19-30)44(41,42)38(29-16-10-25(2)11-17-29)24-33(39)37(23-27-12-14-28(35)15-13-27)32(34(40)36-3)22-26-8-6-5-7-9-26/h5-21,32H,4,22-24H2,1-3H3,(H,36,40). The Bertz CT molecular complexity index is 1650. The van der Waals surface area contributed by atoms with Gasteiger partial charge in [-0.25, -0.2) is 8.42 Å². The van der Waals surface area contributed by atoms with Gasteiger partial charge in [-0.2, -0.15) is 0 Å². The maximum Gasteiger partial charge on any atom is 0.264 e. The first kappa shape index (κ1) is 32.6. The molecule has 1 atom stereocenters. The Morgan fingerprint density at radius 1 is 0.864 bits per heavy atom. The summed E-state index contributed by atoms with van der Waals surface area (Å²) in [4.78, 5) is 29.1. The van der Waals surface area contributed by atoms with E-state index in [1.54, 1.807) is 60.7 Å². The summed E-state index contributed by atoms with van der Waals surface area (Å²) in [5.74, 6) is -0.375. The predicted molar refractivity (Wildman–Crippen MR) is 173 cm³/mol. The van der Waals surface area contributed by atoms with Gasteiger partial charge < -0.3 is 15.0 Å². The number of nitrogens with zero attached hydrogens (tertiary/aromatic N) is 2. The SMILES string of the molecule is CCOc1ccc(S(=O)(=O)N(CC(=O)N(Cc2ccc(Cl)cc2)C(Cc2ccccc2)C(=O)NC)c2ccc(C)cc2)cc1. The summed E-state index contributed by atoms with van der Waals surface area (Å²) in [7, 11) is -2.69. The lowest BCUT2D eigenvalue weighted by molar-refractivity contribution is -0.139. The van der Waals surface area contributed by atoms with Gasteiger partial charge in [0, 0.05) is 25.0 Å². The van der Waals surface area contributed by atoms with Gasteiger partial charge in [0.2, 0.25) is 11.8 Å². The minimum Gasteiger partial charge on any atom is -0.494 e. The van der Waals surface area contributed by atoms with E-state index < -0.39 is 28.5 Å². The van der Waals surface area contributed by atoms with Crippen LogP contribution >= 0.6 is 11.6 Å². The lowest BCUT2D eigenvalue weighted by Gasteiger charge is -2.33. The molecule has 0 radical (unpaired) electrons. The van der Waals surface area contributed by atoms with Crippen molar-refractivity contribution >= 4 is 39.1 Å². The fourth-order valence-corrected chi connectivity index (χ4v) is 6.29. The van der Waals surface area contributed by atoms with Crippen LogP contribution in [0.5, 0.6) is 5.75 Å². The summed E-state index contributed by atoms with van der Waals surface area (Å²) in [5, 5.41) is 3.21. The highest BCUT2D eigenvalue weighted by molar-refractivity contribution is 7.92. The van der Waals surface area contributed by atoms with Crippen LogP contribution in [-0.4, -0.2) is 51.4 Å². The molecule has 10 heteroatoms. The van der Waals surface area contributed by atoms with Crippen molar-refractivity contribution in [1.82, 2.24) is 10.2 Å². The first-order valence-corrected chi connectivity index (χ1v) is 16.1. The van der Waals surface area contributed by atoms with E-state index in [-0.39, 0.29) is 23.8 Å². The third-order valence-electron chi connectivity index (χ3n) is 7.11. The number of hydrogen-bond acceptors (Lipinski definition) is 5. The third-order valence-corrected chi connectivity index (χ3v) is 9.15. The average molecular weight is 634 g/mol. The van der Waals surface area contributed by atoms with Crippen molar-refractivity contribution in [2.75, 3.05) is 24.5 Å². The van der Waals surface area contributed by atoms with E-state index in [0.717, 1.165) is 21.0 Å². The van der Waals surface area contributed by atoms with E-state index in [2.05, 4.69) is 5.32 Å². The zero-order chi connectivity index (χ0) is 31.7. The molecule has 8 nitrogen and oxygen atoms in total. The average Bonchev–Trinajstić information content (AvgIpc) is 3.03. The number of hydrogen-bond donors (Lipinski definition) is 1. The van der Waals surface area contributed by atoms with Crippen molar-refractivity contribution in [3.63, 3.8) is 0 Å². The van der Waals surface area contributed by atoms with Crippen LogP contribution in [0, 0.1) is 6.92 Å². The van der Waals surface area contributed by atoms with Crippen LogP contribution in [0.25, 0.3) is 0 Å². The summed E-state index contributed by atoms with van der Waals surface area (Å²) in [5.41, 5.74) is 2.85. The van der Waals surface area contributed by atoms with Gasteiger partial charge in [0.05, 0.1) is 17.2 Å². The summed E-state index contributed by atoms with van der Waals surface area (Å²) in [6.07, 6.45) is 0.232. The molecular formula is C34H36ClN3O5S. The van der Waals surface area contributed by atoms with Crippen molar-refractivity contribution in [3.05, 3.63) is 125 Å². The number of rotatable bonds is 13. The number of ether oxygens (including phenoxy) is 1. The van der Waals surface area contributed by atoms with Crippen LogP contribution in [-0.2, 0) is 32.6 Å². The van der Waals surface area contributed by atoms with Crippen molar-refractivity contribution < 1.29 is 22.7 Å². The van der Waals surface area contributed by atoms with Crippen LogP contribution in [0.2, 0.25) is 5.02 Å². The van der Waals surface area contributed by atoms with Gasteiger partial charge in [-0.1, -0.05) is 71.8 Å². The van der Waals surface area contributed by atoms with Crippen molar-refractivity contribution in [2.24, 2.45) is 0 Å². The molecule has 230 valence electrons.